The quantitative estimate of drug-likeness (QED) is 0.0697. The van der Waals surface area contributed by atoms with E-state index in [0.717, 1.165) is 19.2 Å². The van der Waals surface area contributed by atoms with Crippen LogP contribution < -0.4 is 15.4 Å². The highest BCUT2D eigenvalue weighted by Crippen LogP contribution is 2.41. The second-order valence-corrected chi connectivity index (χ2v) is 17.6. The summed E-state index contributed by atoms with van der Waals surface area (Å²) in [5, 5.41) is 16.5. The van der Waals surface area contributed by atoms with Gasteiger partial charge in [0, 0.05) is 37.2 Å². The van der Waals surface area contributed by atoms with Gasteiger partial charge in [-0.2, -0.15) is 31.4 Å². The number of carboxylic acids is 1. The number of halogens is 10. The predicted octanol–water partition coefficient (Wildman–Crippen LogP) is 8.43. The van der Waals surface area contributed by atoms with E-state index in [0.29, 0.717) is 10.4 Å². The Labute approximate surface area is 354 Å². The zero-order chi connectivity index (χ0) is 46.1. The number of benzene rings is 2. The van der Waals surface area contributed by atoms with Gasteiger partial charge in [-0.15, -0.1) is 5.10 Å². The number of aromatic nitrogens is 4. The number of esters is 1. The van der Waals surface area contributed by atoms with E-state index in [-0.39, 0.29) is 57.0 Å². The molecule has 4 N–H and O–H groups in total. The van der Waals surface area contributed by atoms with Crippen molar-refractivity contribution in [3.63, 3.8) is 0 Å². The Morgan fingerprint density at radius 1 is 1.03 bits per heavy atom. The highest BCUT2D eigenvalue weighted by Gasteiger charge is 2.39. The molecule has 4 rings (SSSR count). The van der Waals surface area contributed by atoms with Crippen molar-refractivity contribution in [2.75, 3.05) is 24.3 Å². The molecule has 1 amide bonds. The third-order valence-corrected chi connectivity index (χ3v) is 10.2. The zero-order valence-corrected chi connectivity index (χ0v) is 36.2. The summed E-state index contributed by atoms with van der Waals surface area (Å²) in [7, 11) is -2.02. The number of nitrogens with zero attached hydrogens (tertiary/aromatic N) is 5. The Balaban J connectivity index is 0.000000334. The molecule has 0 aliphatic rings. The van der Waals surface area contributed by atoms with Crippen molar-refractivity contribution in [2.45, 2.75) is 64.7 Å². The molecule has 2 aromatic heterocycles. The summed E-state index contributed by atoms with van der Waals surface area (Å²) in [4.78, 5) is 44.6. The fraction of sp³-hybridized carbons (Fsp3) is 0.412. The highest BCUT2D eigenvalue weighted by atomic mass is 79.9. The summed E-state index contributed by atoms with van der Waals surface area (Å²) in [6.45, 7) is 7.38. The minimum absolute atomic E-state index is 0.0412. The summed E-state index contributed by atoms with van der Waals surface area (Å²) in [6, 6.07) is 5.85. The van der Waals surface area contributed by atoms with Crippen LogP contribution in [0.4, 0.5) is 40.8 Å². The van der Waals surface area contributed by atoms with Gasteiger partial charge >= 0.3 is 24.3 Å². The summed E-state index contributed by atoms with van der Waals surface area (Å²) in [6.07, 6.45) is -9.75. The number of carboxylic acid groups (broad SMARTS) is 1. The minimum atomic E-state index is -4.69. The molecular weight excluding hydrogens is 951 g/mol. The number of aliphatic carboxylic acids is 1. The van der Waals surface area contributed by atoms with Gasteiger partial charge in [0.25, 0.3) is 11.1 Å². The van der Waals surface area contributed by atoms with E-state index in [9.17, 15) is 54.1 Å². The smallest absolute Gasteiger partial charge is 0.445 e. The van der Waals surface area contributed by atoms with E-state index in [2.05, 4.69) is 31.2 Å². The first-order valence-corrected chi connectivity index (χ1v) is 21.1. The second kappa shape index (κ2) is 21.5. The van der Waals surface area contributed by atoms with Crippen molar-refractivity contribution >= 4 is 69.8 Å². The van der Waals surface area contributed by atoms with Crippen molar-refractivity contribution in [3.8, 4) is 16.5 Å². The predicted molar refractivity (Wildman–Crippen MR) is 207 cm³/mol. The standard InChI is InChI=1S/C15H12BrClF4N2O2.C14H13F4N3O2S.C5H12NO4P/c1-6(2)25-14(24)7-4-8(10(18)5-9(7)17)12-11(16)13(15(19,20)21)23(3)22-12;1-8(2)21(10-5-3-9(15)4-6-10)11(22)7-23-13-20-19-12(24-13)14(16,17)18;1-11(9,10)3-2-4(6)5(7)8/h4-6H,1-3H3;3-6,8H,7H2,1-2H3;4H,2-3,6H2,1H3,(H,7,8)(H,9,10). The van der Waals surface area contributed by atoms with Gasteiger partial charge < -0.3 is 30.1 Å². The molecular formula is C34H37BrClF8N6O8PS. The van der Waals surface area contributed by atoms with Crippen LogP contribution in [0.5, 0.6) is 5.19 Å². The van der Waals surface area contributed by atoms with Crippen molar-refractivity contribution in [1.82, 2.24) is 20.0 Å². The second-order valence-electron chi connectivity index (χ2n) is 12.9. The minimum Gasteiger partial charge on any atom is -0.480 e. The molecule has 60 heavy (non-hydrogen) atoms. The Kier molecular flexibility index (Phi) is 18.6. The fourth-order valence-corrected chi connectivity index (χ4v) is 6.87. The molecule has 0 radical (unpaired) electrons. The topological polar surface area (TPSA) is 200 Å². The average Bonchev–Trinajstić information content (AvgIpc) is 3.71. The first-order chi connectivity index (χ1) is 27.4. The van der Waals surface area contributed by atoms with Gasteiger partial charge in [-0.05, 0) is 86.4 Å². The summed E-state index contributed by atoms with van der Waals surface area (Å²) in [5.41, 5.74) is 3.68. The molecule has 0 fully saturated rings. The maximum atomic E-state index is 14.3. The van der Waals surface area contributed by atoms with Gasteiger partial charge in [0.2, 0.25) is 5.01 Å². The lowest BCUT2D eigenvalue weighted by Crippen LogP contribution is -2.40. The van der Waals surface area contributed by atoms with Crippen LogP contribution in [0.15, 0.2) is 40.9 Å². The van der Waals surface area contributed by atoms with E-state index in [1.165, 1.54) is 35.8 Å². The number of nitrogens with two attached hydrogens (primary N) is 1. The molecule has 14 nitrogen and oxygen atoms in total. The molecule has 2 aromatic carbocycles. The number of amides is 1. The summed E-state index contributed by atoms with van der Waals surface area (Å²) in [5.74, 6) is -3.82. The molecule has 0 saturated carbocycles. The number of hydrogen-bond donors (Lipinski definition) is 3. The first-order valence-electron chi connectivity index (χ1n) is 16.8. The molecule has 0 saturated heterocycles. The van der Waals surface area contributed by atoms with Crippen molar-refractivity contribution in [1.29, 1.82) is 0 Å². The lowest BCUT2D eigenvalue weighted by Gasteiger charge is -2.26. The van der Waals surface area contributed by atoms with Crippen LogP contribution in [0.2, 0.25) is 5.02 Å². The van der Waals surface area contributed by atoms with Crippen LogP contribution in [-0.2, 0) is 38.3 Å². The number of hydrogen-bond acceptors (Lipinski definition) is 11. The van der Waals surface area contributed by atoms with Gasteiger partial charge in [0.15, 0.2) is 19.7 Å². The van der Waals surface area contributed by atoms with E-state index in [4.69, 9.17) is 36.8 Å². The molecule has 2 heterocycles. The van der Waals surface area contributed by atoms with Gasteiger partial charge in [-0.25, -0.2) is 13.6 Å². The van der Waals surface area contributed by atoms with Gasteiger partial charge in [0.1, 0.15) is 23.4 Å². The molecule has 0 aliphatic carbocycles. The number of rotatable bonds is 12. The Bertz CT molecular complexity index is 2170. The largest absolute Gasteiger partial charge is 0.480 e. The number of ether oxygens (including phenoxy) is 2. The van der Waals surface area contributed by atoms with Gasteiger partial charge in [-0.1, -0.05) is 28.0 Å². The third-order valence-electron chi connectivity index (χ3n) is 7.16. The fourth-order valence-electron chi connectivity index (χ4n) is 4.55. The number of aryl methyl sites for hydroxylation is 1. The molecule has 2 unspecified atom stereocenters. The number of alkyl halides is 6. The Morgan fingerprint density at radius 2 is 1.62 bits per heavy atom. The van der Waals surface area contributed by atoms with Crippen LogP contribution in [0.25, 0.3) is 11.3 Å². The maximum Gasteiger partial charge on any atom is 0.445 e. The van der Waals surface area contributed by atoms with E-state index in [1.54, 1.807) is 27.7 Å². The molecule has 26 heteroatoms. The monoisotopic (exact) mass is 986 g/mol. The van der Waals surface area contributed by atoms with Crippen LogP contribution in [0.1, 0.15) is 55.2 Å². The molecule has 2 atom stereocenters. The first kappa shape index (κ1) is 51.9. The molecule has 0 aliphatic heterocycles. The number of anilines is 1. The SMILES string of the molecule is CC(C)N(C(=O)COc1nnc(C(F)(F)F)s1)c1ccc(F)cc1.CC(C)OC(=O)c1cc(-c2nn(C)c(C(F)(F)F)c2Br)c(F)cc1Cl.CP(=O)(O)CCC(N)C(=O)O. The molecule has 4 aromatic rings. The van der Waals surface area contributed by atoms with Gasteiger partial charge in [0.05, 0.1) is 21.2 Å². The Morgan fingerprint density at radius 3 is 2.07 bits per heavy atom. The van der Waals surface area contributed by atoms with Crippen LogP contribution in [0, 0.1) is 11.6 Å². The lowest BCUT2D eigenvalue weighted by molar-refractivity contribution is -0.144. The van der Waals surface area contributed by atoms with Crippen LogP contribution in [-0.4, -0.2) is 85.4 Å². The maximum absolute atomic E-state index is 14.3. The van der Waals surface area contributed by atoms with Crippen molar-refractivity contribution < 1.29 is 73.5 Å². The van der Waals surface area contributed by atoms with E-state index in [1.807, 2.05) is 0 Å². The molecule has 0 spiro atoms. The van der Waals surface area contributed by atoms with Crippen molar-refractivity contribution in [2.24, 2.45) is 12.8 Å². The average molecular weight is 988 g/mol. The van der Waals surface area contributed by atoms with Crippen LogP contribution in [0.3, 0.4) is 0 Å². The van der Waals surface area contributed by atoms with E-state index >= 15 is 0 Å². The Hall–Kier alpha value is -4.22. The highest BCUT2D eigenvalue weighted by molar-refractivity contribution is 9.10. The third kappa shape index (κ3) is 15.7. The van der Waals surface area contributed by atoms with Crippen molar-refractivity contribution in [3.05, 3.63) is 73.8 Å². The zero-order valence-electron chi connectivity index (χ0n) is 32.1. The van der Waals surface area contributed by atoms with Gasteiger partial charge in [-0.3, -0.25) is 18.8 Å². The summed E-state index contributed by atoms with van der Waals surface area (Å²) < 4.78 is 125. The van der Waals surface area contributed by atoms with E-state index < -0.39 is 83.1 Å². The molecule has 0 bridgehead atoms. The normalized spacial score (nSPS) is 13.1. The van der Waals surface area contributed by atoms with Crippen LogP contribution >= 0.6 is 46.2 Å². The molecule has 332 valence electrons. The number of carbonyl (C=O) groups is 3. The number of carbonyl (C=O) groups excluding carboxylic acids is 2. The summed E-state index contributed by atoms with van der Waals surface area (Å²) >= 11 is 8.88. The lowest BCUT2D eigenvalue weighted by atomic mass is 10.1.